The molecule has 2 N–H and O–H groups in total. The van der Waals surface area contributed by atoms with Gasteiger partial charge in [-0.1, -0.05) is 37.8 Å². The lowest BCUT2D eigenvalue weighted by atomic mass is 10.1. The number of furan rings is 1. The van der Waals surface area contributed by atoms with E-state index in [-0.39, 0.29) is 5.56 Å². The molecule has 2 aliphatic rings. The van der Waals surface area contributed by atoms with Crippen LogP contribution in [0.2, 0.25) is 0 Å². The Hall–Kier alpha value is -3.95. The van der Waals surface area contributed by atoms with E-state index in [1.54, 1.807) is 36.5 Å². The van der Waals surface area contributed by atoms with Crippen molar-refractivity contribution in [2.75, 3.05) is 41.4 Å². The highest BCUT2D eigenvalue weighted by Gasteiger charge is 2.19. The molecular weight excluding hydrogens is 470 g/mol. The molecule has 2 aliphatic heterocycles. The molecule has 0 aliphatic carbocycles. The van der Waals surface area contributed by atoms with Crippen molar-refractivity contribution in [1.29, 1.82) is 0 Å². The van der Waals surface area contributed by atoms with Crippen molar-refractivity contribution in [3.8, 4) is 11.3 Å². The number of carbonyl (C=O) groups is 1. The van der Waals surface area contributed by atoms with Crippen LogP contribution in [0.25, 0.3) is 11.3 Å². The zero-order chi connectivity index (χ0) is 25.5. The molecule has 5 rings (SSSR count). The standard InChI is InChI=1S/C27H33N7O3/c35-24(36)21-11-9-10-20(18-21)23-13-12-22(37-23)19-28-32-25-29-26(33-14-5-1-2-6-15-33)31-27(30-25)34-16-7-3-4-8-17-34/h9-13,18-19H,1-8,14-17H2,(H,35,36)(H,29,30,31,32). The van der Waals surface area contributed by atoms with Gasteiger partial charge in [-0.3, -0.25) is 0 Å². The summed E-state index contributed by atoms with van der Waals surface area (Å²) in [4.78, 5) is 30.0. The molecule has 194 valence electrons. The third-order valence-electron chi connectivity index (χ3n) is 6.77. The van der Waals surface area contributed by atoms with Gasteiger partial charge >= 0.3 is 5.97 Å². The summed E-state index contributed by atoms with van der Waals surface area (Å²) in [5.74, 6) is 1.93. The molecule has 0 saturated carbocycles. The maximum atomic E-state index is 11.3. The first-order valence-electron chi connectivity index (χ1n) is 13.1. The summed E-state index contributed by atoms with van der Waals surface area (Å²) in [5, 5.41) is 13.6. The van der Waals surface area contributed by atoms with Crippen LogP contribution in [0.15, 0.2) is 45.9 Å². The van der Waals surface area contributed by atoms with Gasteiger partial charge in [0.2, 0.25) is 17.8 Å². The largest absolute Gasteiger partial charge is 0.478 e. The van der Waals surface area contributed by atoms with Gasteiger partial charge in [-0.25, -0.2) is 10.2 Å². The predicted molar refractivity (Wildman–Crippen MR) is 144 cm³/mol. The molecular formula is C27H33N7O3. The maximum absolute atomic E-state index is 11.3. The first kappa shape index (κ1) is 24.7. The van der Waals surface area contributed by atoms with Gasteiger partial charge in [0.25, 0.3) is 0 Å². The van der Waals surface area contributed by atoms with Gasteiger partial charge in [0.1, 0.15) is 11.5 Å². The molecule has 4 heterocycles. The maximum Gasteiger partial charge on any atom is 0.335 e. The minimum absolute atomic E-state index is 0.209. The second kappa shape index (κ2) is 11.9. The number of carboxylic acid groups (broad SMARTS) is 1. The molecule has 0 radical (unpaired) electrons. The molecule has 37 heavy (non-hydrogen) atoms. The van der Waals surface area contributed by atoms with Crippen LogP contribution >= 0.6 is 0 Å². The highest BCUT2D eigenvalue weighted by atomic mass is 16.4. The van der Waals surface area contributed by atoms with E-state index in [4.69, 9.17) is 19.4 Å². The number of nitrogens with zero attached hydrogens (tertiary/aromatic N) is 6. The van der Waals surface area contributed by atoms with E-state index in [1.807, 2.05) is 6.07 Å². The van der Waals surface area contributed by atoms with Crippen LogP contribution in [0, 0.1) is 0 Å². The van der Waals surface area contributed by atoms with Crippen LogP contribution in [0.3, 0.4) is 0 Å². The average Bonchev–Trinajstić information content (AvgIpc) is 3.09. The zero-order valence-corrected chi connectivity index (χ0v) is 21.0. The smallest absolute Gasteiger partial charge is 0.335 e. The third kappa shape index (κ3) is 6.44. The summed E-state index contributed by atoms with van der Waals surface area (Å²) < 4.78 is 5.86. The molecule has 10 heteroatoms. The normalized spacial score (nSPS) is 17.0. The van der Waals surface area contributed by atoms with Crippen molar-refractivity contribution in [2.45, 2.75) is 51.4 Å². The number of hydrogen-bond acceptors (Lipinski definition) is 9. The molecule has 1 aromatic carbocycles. The lowest BCUT2D eigenvalue weighted by Gasteiger charge is -2.24. The second-order valence-electron chi connectivity index (χ2n) is 9.52. The quantitative estimate of drug-likeness (QED) is 0.337. The van der Waals surface area contributed by atoms with E-state index in [1.165, 1.54) is 25.7 Å². The molecule has 0 unspecified atom stereocenters. The first-order chi connectivity index (χ1) is 18.2. The van der Waals surface area contributed by atoms with Crippen molar-refractivity contribution in [1.82, 2.24) is 15.0 Å². The minimum atomic E-state index is -0.976. The van der Waals surface area contributed by atoms with Crippen LogP contribution in [0.5, 0.6) is 0 Å². The summed E-state index contributed by atoms with van der Waals surface area (Å²) in [6, 6.07) is 10.2. The molecule has 3 aromatic rings. The Kier molecular flexibility index (Phi) is 7.93. The number of hydrazone groups is 1. The Labute approximate surface area is 216 Å². The van der Waals surface area contributed by atoms with Crippen molar-refractivity contribution in [2.24, 2.45) is 5.10 Å². The van der Waals surface area contributed by atoms with Crippen molar-refractivity contribution in [3.05, 3.63) is 47.7 Å². The van der Waals surface area contributed by atoms with E-state index in [0.717, 1.165) is 51.9 Å². The fourth-order valence-corrected chi connectivity index (χ4v) is 4.76. The number of aromatic carboxylic acids is 1. The van der Waals surface area contributed by atoms with Gasteiger partial charge in [0, 0.05) is 31.7 Å². The number of hydrogen-bond donors (Lipinski definition) is 2. The van der Waals surface area contributed by atoms with Gasteiger partial charge in [0.05, 0.1) is 11.8 Å². The summed E-state index contributed by atoms with van der Waals surface area (Å²) in [5.41, 5.74) is 3.87. The Morgan fingerprint density at radius 3 is 2.08 bits per heavy atom. The van der Waals surface area contributed by atoms with E-state index in [2.05, 4.69) is 20.3 Å². The Balaban J connectivity index is 1.34. The van der Waals surface area contributed by atoms with Crippen LogP contribution in [-0.4, -0.2) is 58.4 Å². The molecule has 0 spiro atoms. The lowest BCUT2D eigenvalue weighted by Crippen LogP contribution is -2.30. The van der Waals surface area contributed by atoms with Gasteiger partial charge in [0.15, 0.2) is 0 Å². The number of aromatic nitrogens is 3. The van der Waals surface area contributed by atoms with E-state index in [9.17, 15) is 9.90 Å². The molecule has 0 atom stereocenters. The van der Waals surface area contributed by atoms with E-state index in [0.29, 0.717) is 34.9 Å². The van der Waals surface area contributed by atoms with Crippen molar-refractivity contribution < 1.29 is 14.3 Å². The SMILES string of the molecule is O=C(O)c1cccc(-c2ccc(C=NNc3nc(N4CCCCCC4)nc(N4CCCCCC4)n3)o2)c1. The number of rotatable bonds is 7. The van der Waals surface area contributed by atoms with Gasteiger partial charge in [-0.2, -0.15) is 20.1 Å². The fourth-order valence-electron chi connectivity index (χ4n) is 4.76. The summed E-state index contributed by atoms with van der Waals surface area (Å²) in [7, 11) is 0. The lowest BCUT2D eigenvalue weighted by molar-refractivity contribution is 0.0697. The predicted octanol–water partition coefficient (Wildman–Crippen LogP) is 5.04. The Morgan fingerprint density at radius 1 is 0.865 bits per heavy atom. The summed E-state index contributed by atoms with van der Waals surface area (Å²) >= 11 is 0. The second-order valence-corrected chi connectivity index (χ2v) is 9.52. The average molecular weight is 504 g/mol. The van der Waals surface area contributed by atoms with Gasteiger partial charge in [-0.15, -0.1) is 0 Å². The number of carboxylic acids is 1. The van der Waals surface area contributed by atoms with E-state index >= 15 is 0 Å². The van der Waals surface area contributed by atoms with Crippen molar-refractivity contribution in [3.63, 3.8) is 0 Å². The summed E-state index contributed by atoms with van der Waals surface area (Å²) in [6.07, 6.45) is 11.1. The molecule has 0 amide bonds. The van der Waals surface area contributed by atoms with Gasteiger partial charge < -0.3 is 19.3 Å². The van der Waals surface area contributed by atoms with Crippen LogP contribution in [-0.2, 0) is 0 Å². The molecule has 10 nitrogen and oxygen atoms in total. The van der Waals surface area contributed by atoms with Crippen LogP contribution in [0.1, 0.15) is 67.5 Å². The molecule has 2 fully saturated rings. The summed E-state index contributed by atoms with van der Waals surface area (Å²) in [6.45, 7) is 3.80. The van der Waals surface area contributed by atoms with Crippen molar-refractivity contribution >= 4 is 30.0 Å². The Bertz CT molecular complexity index is 1190. The fraction of sp³-hybridized carbons (Fsp3) is 0.444. The topological polar surface area (TPSA) is 120 Å². The monoisotopic (exact) mass is 503 g/mol. The highest BCUT2D eigenvalue weighted by molar-refractivity contribution is 5.89. The number of anilines is 3. The number of benzene rings is 1. The molecule has 0 bridgehead atoms. The van der Waals surface area contributed by atoms with E-state index < -0.39 is 5.97 Å². The third-order valence-corrected chi connectivity index (χ3v) is 6.77. The first-order valence-corrected chi connectivity index (χ1v) is 13.1. The van der Waals surface area contributed by atoms with Crippen LogP contribution < -0.4 is 15.2 Å². The van der Waals surface area contributed by atoms with Crippen LogP contribution in [0.4, 0.5) is 17.8 Å². The zero-order valence-electron chi connectivity index (χ0n) is 21.0. The molecule has 2 saturated heterocycles. The highest BCUT2D eigenvalue weighted by Crippen LogP contribution is 2.24. The Morgan fingerprint density at radius 2 is 1.49 bits per heavy atom. The number of nitrogens with one attached hydrogen (secondary N) is 1. The molecule has 2 aromatic heterocycles. The van der Waals surface area contributed by atoms with Gasteiger partial charge in [-0.05, 0) is 49.9 Å². The minimum Gasteiger partial charge on any atom is -0.478 e.